The number of hydrogen-bond donors (Lipinski definition) is 1. The second-order valence-corrected chi connectivity index (χ2v) is 6.55. The van der Waals surface area contributed by atoms with Crippen molar-refractivity contribution in [1.29, 1.82) is 5.26 Å². The fraction of sp³-hybridized carbons (Fsp3) is 0.389. The van der Waals surface area contributed by atoms with E-state index in [2.05, 4.69) is 10.3 Å². The van der Waals surface area contributed by atoms with Crippen molar-refractivity contribution < 1.29 is 13.9 Å². The lowest BCUT2D eigenvalue weighted by Crippen LogP contribution is -2.36. The van der Waals surface area contributed by atoms with Crippen LogP contribution >= 0.6 is 0 Å². The van der Waals surface area contributed by atoms with Crippen LogP contribution in [0.4, 0.5) is 5.82 Å². The van der Waals surface area contributed by atoms with Crippen LogP contribution in [0.3, 0.4) is 0 Å². The highest BCUT2D eigenvalue weighted by Crippen LogP contribution is 2.36. The fourth-order valence-corrected chi connectivity index (χ4v) is 3.59. The molecule has 2 saturated heterocycles. The maximum Gasteiger partial charge on any atom is 0.257 e. The fourth-order valence-electron chi connectivity index (χ4n) is 3.59. The summed E-state index contributed by atoms with van der Waals surface area (Å²) in [6.45, 7) is 1.83. The molecule has 0 aliphatic carbocycles. The molecule has 2 fully saturated rings. The normalized spacial score (nSPS) is 25.2. The zero-order valence-corrected chi connectivity index (χ0v) is 13.6. The van der Waals surface area contributed by atoms with Gasteiger partial charge in [0, 0.05) is 13.0 Å². The van der Waals surface area contributed by atoms with Crippen molar-refractivity contribution in [2.45, 2.75) is 24.5 Å². The average molecular weight is 338 g/mol. The Morgan fingerprint density at radius 3 is 3.16 bits per heavy atom. The van der Waals surface area contributed by atoms with Gasteiger partial charge in [0.05, 0.1) is 36.6 Å². The van der Waals surface area contributed by atoms with Gasteiger partial charge in [-0.25, -0.2) is 4.98 Å². The van der Waals surface area contributed by atoms with E-state index < -0.39 is 0 Å². The lowest BCUT2D eigenvalue weighted by atomic mass is 9.97. The summed E-state index contributed by atoms with van der Waals surface area (Å²) in [6.07, 6.45) is 4.61. The number of nitrogens with zero attached hydrogens (tertiary/aromatic N) is 3. The first kappa shape index (κ1) is 15.7. The van der Waals surface area contributed by atoms with Gasteiger partial charge in [0.25, 0.3) is 5.91 Å². The van der Waals surface area contributed by atoms with Gasteiger partial charge >= 0.3 is 0 Å². The molecule has 7 nitrogen and oxygen atoms in total. The molecule has 4 rings (SSSR count). The minimum atomic E-state index is -0.302. The molecule has 4 heterocycles. The number of aromatic nitrogens is 1. The van der Waals surface area contributed by atoms with E-state index >= 15 is 0 Å². The number of carbonyl (C=O) groups is 1. The van der Waals surface area contributed by atoms with Crippen LogP contribution in [0.1, 0.15) is 28.9 Å². The highest BCUT2D eigenvalue weighted by molar-refractivity contribution is 5.94. The van der Waals surface area contributed by atoms with E-state index in [1.807, 2.05) is 17.0 Å². The third-order valence-electron chi connectivity index (χ3n) is 4.80. The van der Waals surface area contributed by atoms with E-state index in [0.29, 0.717) is 36.8 Å². The van der Waals surface area contributed by atoms with Crippen LogP contribution in [0.5, 0.6) is 0 Å². The van der Waals surface area contributed by atoms with Gasteiger partial charge in [-0.1, -0.05) is 6.07 Å². The molecule has 2 aromatic heterocycles. The van der Waals surface area contributed by atoms with Gasteiger partial charge < -0.3 is 19.4 Å². The lowest BCUT2D eigenvalue weighted by molar-refractivity contribution is 0.0125. The van der Waals surface area contributed by atoms with Crippen LogP contribution in [-0.2, 0) is 4.74 Å². The summed E-state index contributed by atoms with van der Waals surface area (Å²) < 4.78 is 11.1. The molecule has 2 aliphatic rings. The Bertz CT molecular complexity index is 814. The molecule has 2 aliphatic heterocycles. The van der Waals surface area contributed by atoms with Crippen LogP contribution in [0.2, 0.25) is 0 Å². The molecule has 2 aromatic rings. The van der Waals surface area contributed by atoms with E-state index in [1.54, 1.807) is 18.2 Å². The molecule has 25 heavy (non-hydrogen) atoms. The number of nitriles is 1. The number of anilines is 1. The number of amides is 1. The highest BCUT2D eigenvalue weighted by Gasteiger charge is 2.47. The molecule has 1 spiro atoms. The molecular formula is C18H18N4O3. The molecule has 1 N–H and O–H groups in total. The van der Waals surface area contributed by atoms with E-state index in [0.717, 1.165) is 12.8 Å². The molecule has 7 heteroatoms. The minimum absolute atomic E-state index is 0.0194. The van der Waals surface area contributed by atoms with Gasteiger partial charge in [-0.05, 0) is 24.6 Å². The number of ether oxygens (including phenoxy) is 1. The van der Waals surface area contributed by atoms with Crippen molar-refractivity contribution in [3.05, 3.63) is 48.0 Å². The summed E-state index contributed by atoms with van der Waals surface area (Å²) in [5.74, 6) is 0.656. The Morgan fingerprint density at radius 1 is 1.44 bits per heavy atom. The summed E-state index contributed by atoms with van der Waals surface area (Å²) in [6, 6.07) is 9.16. The predicted molar refractivity (Wildman–Crippen MR) is 88.9 cm³/mol. The minimum Gasteiger partial charge on any atom is -0.472 e. The quantitative estimate of drug-likeness (QED) is 0.921. The third kappa shape index (κ3) is 3.08. The van der Waals surface area contributed by atoms with Crippen molar-refractivity contribution in [3.8, 4) is 6.07 Å². The Kier molecular flexibility index (Phi) is 3.90. The average Bonchev–Trinajstić information content (AvgIpc) is 3.37. The molecule has 0 unspecified atom stereocenters. The molecule has 2 atom stereocenters. The largest absolute Gasteiger partial charge is 0.472 e. The third-order valence-corrected chi connectivity index (χ3v) is 4.80. The van der Waals surface area contributed by atoms with Crippen molar-refractivity contribution in [1.82, 2.24) is 9.88 Å². The van der Waals surface area contributed by atoms with Crippen molar-refractivity contribution in [2.75, 3.05) is 25.0 Å². The van der Waals surface area contributed by atoms with Gasteiger partial charge in [0.15, 0.2) is 0 Å². The summed E-state index contributed by atoms with van der Waals surface area (Å²) in [7, 11) is 0. The van der Waals surface area contributed by atoms with Crippen molar-refractivity contribution in [3.63, 3.8) is 0 Å². The predicted octanol–water partition coefficient (Wildman–Crippen LogP) is 2.03. The molecule has 128 valence electrons. The Labute approximate surface area is 145 Å². The number of carbonyl (C=O) groups excluding carboxylic acids is 1. The zero-order valence-electron chi connectivity index (χ0n) is 13.6. The van der Waals surface area contributed by atoms with Crippen LogP contribution in [-0.4, -0.2) is 47.1 Å². The molecule has 0 radical (unpaired) electrons. The topological polar surface area (TPSA) is 91.4 Å². The van der Waals surface area contributed by atoms with E-state index in [4.69, 9.17) is 14.4 Å². The number of rotatable bonds is 3. The van der Waals surface area contributed by atoms with Gasteiger partial charge in [-0.15, -0.1) is 0 Å². The standard InChI is InChI=1S/C18H18N4O3/c19-9-14-2-1-3-16(20-14)21-15-8-18(25-11-15)5-6-22(12-18)17(23)13-4-7-24-10-13/h1-4,7,10,15H,5-6,8,11-12H2,(H,20,21)/t15-,18-/m0/s1. The number of likely N-dealkylation sites (tertiary alicyclic amines) is 1. The first-order valence-electron chi connectivity index (χ1n) is 8.27. The van der Waals surface area contributed by atoms with E-state index in [9.17, 15) is 4.79 Å². The first-order valence-corrected chi connectivity index (χ1v) is 8.27. The molecule has 1 amide bonds. The monoisotopic (exact) mass is 338 g/mol. The van der Waals surface area contributed by atoms with Crippen molar-refractivity contribution >= 4 is 11.7 Å². The van der Waals surface area contributed by atoms with Crippen LogP contribution < -0.4 is 5.32 Å². The lowest BCUT2D eigenvalue weighted by Gasteiger charge is -2.23. The van der Waals surface area contributed by atoms with E-state index in [1.165, 1.54) is 12.5 Å². The smallest absolute Gasteiger partial charge is 0.257 e. The first-order chi connectivity index (χ1) is 12.2. The highest BCUT2D eigenvalue weighted by atomic mass is 16.5. The molecular weight excluding hydrogens is 320 g/mol. The van der Waals surface area contributed by atoms with Crippen LogP contribution in [0.25, 0.3) is 0 Å². The van der Waals surface area contributed by atoms with Gasteiger partial charge in [-0.3, -0.25) is 4.79 Å². The Morgan fingerprint density at radius 2 is 2.36 bits per heavy atom. The molecule has 0 saturated carbocycles. The number of nitrogens with one attached hydrogen (secondary N) is 1. The van der Waals surface area contributed by atoms with Gasteiger partial charge in [-0.2, -0.15) is 5.26 Å². The summed E-state index contributed by atoms with van der Waals surface area (Å²) >= 11 is 0. The van der Waals surface area contributed by atoms with Crippen LogP contribution in [0.15, 0.2) is 41.2 Å². The zero-order chi connectivity index (χ0) is 17.3. The van der Waals surface area contributed by atoms with Gasteiger partial charge in [0.2, 0.25) is 0 Å². The van der Waals surface area contributed by atoms with Gasteiger partial charge in [0.1, 0.15) is 23.8 Å². The summed E-state index contributed by atoms with van der Waals surface area (Å²) in [4.78, 5) is 18.5. The second kappa shape index (κ2) is 6.22. The maximum absolute atomic E-state index is 12.4. The Hall–Kier alpha value is -2.85. The summed E-state index contributed by atoms with van der Waals surface area (Å²) in [5.41, 5.74) is 0.655. The van der Waals surface area contributed by atoms with Crippen molar-refractivity contribution in [2.24, 2.45) is 0 Å². The molecule has 0 aromatic carbocycles. The number of furan rings is 1. The number of hydrogen-bond acceptors (Lipinski definition) is 6. The van der Waals surface area contributed by atoms with Crippen LogP contribution in [0, 0.1) is 11.3 Å². The number of pyridine rings is 1. The SMILES string of the molecule is N#Cc1cccc(N[C@@H]2CO[C@@]3(CCN(C(=O)c4ccoc4)C3)C2)n1. The second-order valence-electron chi connectivity index (χ2n) is 6.55. The summed E-state index contributed by atoms with van der Waals surface area (Å²) in [5, 5.41) is 12.3. The Balaban J connectivity index is 1.39. The molecule has 0 bridgehead atoms. The maximum atomic E-state index is 12.4. The van der Waals surface area contributed by atoms with E-state index in [-0.39, 0.29) is 17.6 Å².